The minimum absolute atomic E-state index is 0.0458. The molecule has 0 spiro atoms. The van der Waals surface area contributed by atoms with Crippen LogP contribution in [0.25, 0.3) is 0 Å². The van der Waals surface area contributed by atoms with E-state index in [1.54, 1.807) is 45.0 Å². The van der Waals surface area contributed by atoms with Gasteiger partial charge in [0.05, 0.1) is 18.5 Å². The average molecular weight is 553 g/mol. The Labute approximate surface area is 230 Å². The molecule has 9 nitrogen and oxygen atoms in total. The van der Waals surface area contributed by atoms with Crippen LogP contribution in [0.2, 0.25) is 0 Å². The van der Waals surface area contributed by atoms with Crippen molar-refractivity contribution in [1.82, 2.24) is 10.7 Å². The summed E-state index contributed by atoms with van der Waals surface area (Å²) in [5.74, 6) is -2.26. The number of rotatable bonds is 12. The smallest absolute Gasteiger partial charge is 0.262 e. The van der Waals surface area contributed by atoms with Crippen molar-refractivity contribution in [3.05, 3.63) is 89.5 Å². The standard InChI is InChI=1S/C29H30F2N4O5/c1-4-39-25-15-19(9-14-24(25)40-17-26(36)33-23-8-6-5-7-22(23)31)16-32-35-29(38)27(18(2)3)34-28(37)20-10-12-21(30)13-11-20/h5-16,18,27H,4,17H2,1-3H3,(H,33,36)(H,34,37)(H,35,38). The van der Waals surface area contributed by atoms with Crippen molar-refractivity contribution in [3.8, 4) is 11.5 Å². The third-order valence-electron chi connectivity index (χ3n) is 5.50. The van der Waals surface area contributed by atoms with Gasteiger partial charge >= 0.3 is 0 Å². The summed E-state index contributed by atoms with van der Waals surface area (Å²) in [7, 11) is 0. The highest BCUT2D eigenvalue weighted by Crippen LogP contribution is 2.28. The molecule has 3 aromatic rings. The van der Waals surface area contributed by atoms with Crippen LogP contribution >= 0.6 is 0 Å². The predicted octanol–water partition coefficient (Wildman–Crippen LogP) is 4.29. The molecule has 0 aliphatic carbocycles. The molecule has 0 aromatic heterocycles. The summed E-state index contributed by atoms with van der Waals surface area (Å²) < 4.78 is 38.1. The van der Waals surface area contributed by atoms with Gasteiger partial charge in [-0.1, -0.05) is 26.0 Å². The first kappa shape index (κ1) is 29.8. The van der Waals surface area contributed by atoms with Crippen LogP contribution in [0.4, 0.5) is 14.5 Å². The van der Waals surface area contributed by atoms with Crippen molar-refractivity contribution in [3.63, 3.8) is 0 Å². The normalized spacial score (nSPS) is 11.7. The minimum atomic E-state index is -0.889. The summed E-state index contributed by atoms with van der Waals surface area (Å²) >= 11 is 0. The first-order chi connectivity index (χ1) is 19.2. The number of amides is 3. The van der Waals surface area contributed by atoms with Crippen LogP contribution in [0.5, 0.6) is 11.5 Å². The van der Waals surface area contributed by atoms with E-state index in [0.717, 1.165) is 12.1 Å². The van der Waals surface area contributed by atoms with Gasteiger partial charge in [0.25, 0.3) is 17.7 Å². The molecule has 1 atom stereocenters. The molecule has 0 fully saturated rings. The van der Waals surface area contributed by atoms with Gasteiger partial charge in [-0.2, -0.15) is 5.10 Å². The third-order valence-corrected chi connectivity index (χ3v) is 5.50. The molecular weight excluding hydrogens is 522 g/mol. The molecule has 3 N–H and O–H groups in total. The largest absolute Gasteiger partial charge is 0.490 e. The fourth-order valence-corrected chi connectivity index (χ4v) is 3.49. The first-order valence-corrected chi connectivity index (χ1v) is 12.5. The van der Waals surface area contributed by atoms with E-state index in [9.17, 15) is 23.2 Å². The number of ether oxygens (including phenoxy) is 2. The van der Waals surface area contributed by atoms with Crippen LogP contribution in [0, 0.1) is 17.6 Å². The van der Waals surface area contributed by atoms with Crippen molar-refractivity contribution in [2.24, 2.45) is 11.0 Å². The van der Waals surface area contributed by atoms with E-state index in [2.05, 4.69) is 21.2 Å². The highest BCUT2D eigenvalue weighted by molar-refractivity contribution is 5.97. The van der Waals surface area contributed by atoms with Gasteiger partial charge in [0.1, 0.15) is 17.7 Å². The van der Waals surface area contributed by atoms with Crippen LogP contribution in [0.15, 0.2) is 71.8 Å². The van der Waals surface area contributed by atoms with E-state index in [4.69, 9.17) is 9.47 Å². The number of nitrogens with one attached hydrogen (secondary N) is 3. The number of anilines is 1. The molecule has 3 amide bonds. The lowest BCUT2D eigenvalue weighted by Gasteiger charge is -2.20. The maximum Gasteiger partial charge on any atom is 0.262 e. The number of nitrogens with zero attached hydrogens (tertiary/aromatic N) is 1. The minimum Gasteiger partial charge on any atom is -0.490 e. The van der Waals surface area contributed by atoms with Crippen LogP contribution in [-0.4, -0.2) is 43.2 Å². The summed E-state index contributed by atoms with van der Waals surface area (Å²) in [6.07, 6.45) is 1.38. The Bertz CT molecular complexity index is 1360. The van der Waals surface area contributed by atoms with E-state index < -0.39 is 35.4 Å². The van der Waals surface area contributed by atoms with E-state index >= 15 is 0 Å². The zero-order valence-electron chi connectivity index (χ0n) is 22.2. The van der Waals surface area contributed by atoms with E-state index in [1.165, 1.54) is 36.5 Å². The van der Waals surface area contributed by atoms with E-state index in [0.29, 0.717) is 17.9 Å². The summed E-state index contributed by atoms with van der Waals surface area (Å²) in [6.45, 7) is 5.25. The van der Waals surface area contributed by atoms with Crippen LogP contribution in [0.1, 0.15) is 36.7 Å². The van der Waals surface area contributed by atoms with Crippen LogP contribution in [0.3, 0.4) is 0 Å². The fraction of sp³-hybridized carbons (Fsp3) is 0.241. The first-order valence-electron chi connectivity index (χ1n) is 12.5. The van der Waals surface area contributed by atoms with Crippen molar-refractivity contribution >= 4 is 29.6 Å². The lowest BCUT2D eigenvalue weighted by Crippen LogP contribution is -2.48. The number of para-hydroxylation sites is 1. The second kappa shape index (κ2) is 14.4. The molecule has 0 aliphatic heterocycles. The summed E-state index contributed by atoms with van der Waals surface area (Å²) in [4.78, 5) is 37.4. The Kier molecular flexibility index (Phi) is 10.7. The highest BCUT2D eigenvalue weighted by atomic mass is 19.1. The van der Waals surface area contributed by atoms with Crippen molar-refractivity contribution in [2.45, 2.75) is 26.8 Å². The number of hydrogen-bond donors (Lipinski definition) is 3. The van der Waals surface area contributed by atoms with Crippen molar-refractivity contribution in [2.75, 3.05) is 18.5 Å². The van der Waals surface area contributed by atoms with E-state index in [1.807, 2.05) is 0 Å². The zero-order valence-corrected chi connectivity index (χ0v) is 22.2. The third kappa shape index (κ3) is 8.62. The Balaban J connectivity index is 1.60. The molecule has 3 aromatic carbocycles. The highest BCUT2D eigenvalue weighted by Gasteiger charge is 2.24. The monoisotopic (exact) mass is 552 g/mol. The lowest BCUT2D eigenvalue weighted by molar-refractivity contribution is -0.124. The molecule has 0 heterocycles. The van der Waals surface area contributed by atoms with Gasteiger partial charge < -0.3 is 20.1 Å². The summed E-state index contributed by atoms with van der Waals surface area (Å²) in [5.41, 5.74) is 3.24. The topological polar surface area (TPSA) is 118 Å². The van der Waals surface area contributed by atoms with Gasteiger partial charge in [0.15, 0.2) is 18.1 Å². The predicted molar refractivity (Wildman–Crippen MR) is 146 cm³/mol. The molecule has 0 saturated heterocycles. The molecular formula is C29H30F2N4O5. The van der Waals surface area contributed by atoms with Crippen LogP contribution < -0.4 is 25.5 Å². The molecule has 0 radical (unpaired) electrons. The molecule has 40 heavy (non-hydrogen) atoms. The average Bonchev–Trinajstić information content (AvgIpc) is 2.92. The van der Waals surface area contributed by atoms with E-state index in [-0.39, 0.29) is 29.5 Å². The van der Waals surface area contributed by atoms with Crippen molar-refractivity contribution in [1.29, 1.82) is 0 Å². The quantitative estimate of drug-likeness (QED) is 0.229. The fourth-order valence-electron chi connectivity index (χ4n) is 3.49. The van der Waals surface area contributed by atoms with Gasteiger partial charge in [0.2, 0.25) is 0 Å². The number of hydrazone groups is 1. The second-order valence-electron chi connectivity index (χ2n) is 8.89. The van der Waals surface area contributed by atoms with Crippen molar-refractivity contribution < 1.29 is 32.6 Å². The maximum atomic E-state index is 13.8. The van der Waals surface area contributed by atoms with Gasteiger partial charge in [-0.15, -0.1) is 0 Å². The SMILES string of the molecule is CCOc1cc(C=NNC(=O)C(NC(=O)c2ccc(F)cc2)C(C)C)ccc1OCC(=O)Nc1ccccc1F. The summed E-state index contributed by atoms with van der Waals surface area (Å²) in [6, 6.07) is 14.7. The molecule has 11 heteroatoms. The maximum absolute atomic E-state index is 13.8. The Morgan fingerprint density at radius 3 is 2.35 bits per heavy atom. The molecule has 210 valence electrons. The van der Waals surface area contributed by atoms with Gasteiger partial charge in [-0.3, -0.25) is 14.4 Å². The molecule has 1 unspecified atom stereocenters. The number of carbonyl (C=O) groups excluding carboxylic acids is 3. The lowest BCUT2D eigenvalue weighted by atomic mass is 10.0. The van der Waals surface area contributed by atoms with Gasteiger partial charge in [-0.25, -0.2) is 14.2 Å². The Morgan fingerprint density at radius 2 is 1.68 bits per heavy atom. The molecule has 0 saturated carbocycles. The Hall–Kier alpha value is -4.80. The van der Waals surface area contributed by atoms with Crippen LogP contribution in [-0.2, 0) is 9.59 Å². The zero-order chi connectivity index (χ0) is 29.1. The second-order valence-corrected chi connectivity index (χ2v) is 8.89. The number of hydrogen-bond acceptors (Lipinski definition) is 6. The number of carbonyl (C=O) groups is 3. The Morgan fingerprint density at radius 1 is 0.950 bits per heavy atom. The van der Waals surface area contributed by atoms with Gasteiger partial charge in [0, 0.05) is 5.56 Å². The number of benzene rings is 3. The molecule has 0 aliphatic rings. The summed E-state index contributed by atoms with van der Waals surface area (Å²) in [5, 5.41) is 9.05. The van der Waals surface area contributed by atoms with Gasteiger partial charge in [-0.05, 0) is 73.0 Å². The molecule has 3 rings (SSSR count). The molecule has 0 bridgehead atoms. The number of halogens is 2.